The lowest BCUT2D eigenvalue weighted by Gasteiger charge is -2.23. The molecule has 0 heterocycles. The Hall–Kier alpha value is 1.11. The molecule has 0 bridgehead atoms. The Morgan fingerprint density at radius 2 is 1.42 bits per heavy atom. The van der Waals surface area contributed by atoms with Crippen molar-refractivity contribution in [3.8, 4) is 0 Å². The van der Waals surface area contributed by atoms with Crippen LogP contribution in [0.5, 0.6) is 0 Å². The van der Waals surface area contributed by atoms with Crippen LogP contribution in [-0.4, -0.2) is 55.8 Å². The Kier molecular flexibility index (Phi) is 26.6. The zero-order chi connectivity index (χ0) is 23.0. The van der Waals surface area contributed by atoms with Gasteiger partial charge in [0.2, 0.25) is 11.3 Å². The molecule has 2 unspecified atom stereocenters. The lowest BCUT2D eigenvalue weighted by Crippen LogP contribution is -2.34. The van der Waals surface area contributed by atoms with Crippen molar-refractivity contribution >= 4 is 45.6 Å². The maximum absolute atomic E-state index is 11.6. The van der Waals surface area contributed by atoms with Crippen LogP contribution in [0.2, 0.25) is 0 Å². The summed E-state index contributed by atoms with van der Waals surface area (Å²) in [5.74, 6) is 2.50. The maximum Gasteiger partial charge on any atom is 0.234 e. The van der Waals surface area contributed by atoms with E-state index in [1.54, 1.807) is 11.4 Å². The molecule has 188 valence electrons. The number of rotatable bonds is 25. The molecule has 4 nitrogen and oxygen atoms in total. The van der Waals surface area contributed by atoms with E-state index in [1.807, 2.05) is 11.8 Å². The van der Waals surface area contributed by atoms with Gasteiger partial charge in [0.05, 0.1) is 6.61 Å². The fourth-order valence-electron chi connectivity index (χ4n) is 3.80. The summed E-state index contributed by atoms with van der Waals surface area (Å²) in [4.78, 5) is 0. The predicted octanol–water partition coefficient (Wildman–Crippen LogP) is 7.73. The molecule has 0 spiro atoms. The van der Waals surface area contributed by atoms with Crippen LogP contribution in [0, 0.1) is 5.92 Å². The number of alkyl halides is 1. The Morgan fingerprint density at radius 3 is 1.87 bits per heavy atom. The molecule has 0 aliphatic carbocycles. The van der Waals surface area contributed by atoms with Gasteiger partial charge in [-0.15, -0.1) is 0 Å². The minimum Gasteiger partial charge on any atom is -0.384 e. The Balaban J connectivity index is 3.58. The van der Waals surface area contributed by atoms with Crippen LogP contribution < -0.4 is 0 Å². The van der Waals surface area contributed by atoms with Crippen LogP contribution in [-0.2, 0) is 16.0 Å². The van der Waals surface area contributed by atoms with E-state index in [-0.39, 0.29) is 0 Å². The number of hydrogen-bond donors (Lipinski definition) is 1. The first-order chi connectivity index (χ1) is 15.2. The van der Waals surface area contributed by atoms with Crippen LogP contribution in [0.25, 0.3) is 0 Å². The zero-order valence-corrected chi connectivity index (χ0v) is 24.1. The lowest BCUT2D eigenvalue weighted by molar-refractivity contribution is 0.149. The molecule has 0 rings (SSSR count). The van der Waals surface area contributed by atoms with E-state index in [2.05, 4.69) is 29.5 Å². The molecule has 31 heavy (non-hydrogen) atoms. The van der Waals surface area contributed by atoms with Crippen LogP contribution in [0.3, 0.4) is 0 Å². The van der Waals surface area contributed by atoms with Gasteiger partial charge in [-0.1, -0.05) is 113 Å². The SMILES string of the molecule is CCCCCCCCCCCCCCCCSCC(COC)CN(CCCI)S(=O)O. The van der Waals surface area contributed by atoms with Gasteiger partial charge < -0.3 is 4.74 Å². The van der Waals surface area contributed by atoms with Crippen LogP contribution in [0.4, 0.5) is 0 Å². The van der Waals surface area contributed by atoms with E-state index in [1.165, 1.54) is 95.6 Å². The monoisotopic (exact) mass is 591 g/mol. The molecular formula is C24H50INO3S2. The molecule has 0 aliphatic rings. The lowest BCUT2D eigenvalue weighted by atomic mass is 10.0. The Labute approximate surface area is 214 Å². The standard InChI is InChI=1S/C24H50INO3S2/c1-3-4-5-6-7-8-9-10-11-12-13-14-15-16-20-30-23-24(22-29-2)21-26(31(27)28)19-17-18-25/h24H,3-23H2,1-2H3,(H,27,28). The number of methoxy groups -OCH3 is 1. The largest absolute Gasteiger partial charge is 0.384 e. The second-order valence-electron chi connectivity index (χ2n) is 8.65. The van der Waals surface area contributed by atoms with Crippen molar-refractivity contribution in [2.75, 3.05) is 42.7 Å². The molecule has 1 N–H and O–H groups in total. The molecule has 0 saturated carbocycles. The van der Waals surface area contributed by atoms with E-state index in [4.69, 9.17) is 4.74 Å². The highest BCUT2D eigenvalue weighted by Gasteiger charge is 2.18. The van der Waals surface area contributed by atoms with Crippen molar-refractivity contribution in [3.05, 3.63) is 0 Å². The van der Waals surface area contributed by atoms with Gasteiger partial charge in [-0.05, 0) is 24.3 Å². The molecule has 0 amide bonds. The third kappa shape index (κ3) is 22.7. The second-order valence-corrected chi connectivity index (χ2v) is 11.9. The molecular weight excluding hydrogens is 541 g/mol. The van der Waals surface area contributed by atoms with Gasteiger partial charge in [0.25, 0.3) is 0 Å². The highest BCUT2D eigenvalue weighted by atomic mass is 127. The fraction of sp³-hybridized carbons (Fsp3) is 1.00. The molecule has 2 atom stereocenters. The highest BCUT2D eigenvalue weighted by Crippen LogP contribution is 2.16. The summed E-state index contributed by atoms with van der Waals surface area (Å²) in [6.07, 6.45) is 20.5. The summed E-state index contributed by atoms with van der Waals surface area (Å²) in [5, 5.41) is 0. The molecule has 0 fully saturated rings. The van der Waals surface area contributed by atoms with E-state index < -0.39 is 11.3 Å². The molecule has 7 heteroatoms. The minimum absolute atomic E-state index is 0.312. The summed E-state index contributed by atoms with van der Waals surface area (Å²) >= 11 is 2.41. The van der Waals surface area contributed by atoms with Gasteiger partial charge in [-0.2, -0.15) is 11.8 Å². The third-order valence-corrected chi connectivity index (χ3v) is 8.44. The van der Waals surface area contributed by atoms with Gasteiger partial charge in [0.15, 0.2) is 0 Å². The number of hydrogen-bond acceptors (Lipinski definition) is 3. The second kappa shape index (κ2) is 25.7. The van der Waals surface area contributed by atoms with Crippen molar-refractivity contribution in [3.63, 3.8) is 0 Å². The first-order valence-corrected chi connectivity index (χ1v) is 16.4. The zero-order valence-electron chi connectivity index (χ0n) is 20.3. The van der Waals surface area contributed by atoms with Crippen LogP contribution in [0.15, 0.2) is 0 Å². The van der Waals surface area contributed by atoms with Crippen LogP contribution in [0.1, 0.15) is 103 Å². The fourth-order valence-corrected chi connectivity index (χ4v) is 5.87. The molecule has 0 aromatic carbocycles. The summed E-state index contributed by atoms with van der Waals surface area (Å²) in [6, 6.07) is 0. The molecule has 0 aromatic heterocycles. The van der Waals surface area contributed by atoms with Crippen LogP contribution >= 0.6 is 34.4 Å². The van der Waals surface area contributed by atoms with Gasteiger partial charge >= 0.3 is 0 Å². The number of nitrogens with zero attached hydrogens (tertiary/aromatic N) is 1. The number of ether oxygens (including phenoxy) is 1. The first kappa shape index (κ1) is 32.1. The summed E-state index contributed by atoms with van der Waals surface area (Å²) in [5.41, 5.74) is 0. The van der Waals surface area contributed by atoms with Crippen molar-refractivity contribution in [1.29, 1.82) is 0 Å². The van der Waals surface area contributed by atoms with Gasteiger partial charge in [-0.3, -0.25) is 4.55 Å². The highest BCUT2D eigenvalue weighted by molar-refractivity contribution is 14.1. The maximum atomic E-state index is 11.6. The Morgan fingerprint density at radius 1 is 0.903 bits per heavy atom. The number of halogens is 1. The van der Waals surface area contributed by atoms with Crippen molar-refractivity contribution in [2.45, 2.75) is 103 Å². The van der Waals surface area contributed by atoms with Gasteiger partial charge in [-0.25, -0.2) is 8.51 Å². The third-order valence-electron chi connectivity index (χ3n) is 5.62. The normalized spacial score (nSPS) is 13.7. The number of unbranched alkanes of at least 4 members (excludes halogenated alkanes) is 13. The topological polar surface area (TPSA) is 49.8 Å². The van der Waals surface area contributed by atoms with E-state index in [9.17, 15) is 8.76 Å². The van der Waals surface area contributed by atoms with E-state index in [0.717, 1.165) is 16.6 Å². The summed E-state index contributed by atoms with van der Waals surface area (Å²) in [6.45, 7) is 4.25. The molecule has 0 aromatic rings. The average molecular weight is 592 g/mol. The predicted molar refractivity (Wildman–Crippen MR) is 149 cm³/mol. The quantitative estimate of drug-likeness (QED) is 0.0511. The van der Waals surface area contributed by atoms with Crippen molar-refractivity contribution < 1.29 is 13.5 Å². The first-order valence-electron chi connectivity index (χ1n) is 12.6. The van der Waals surface area contributed by atoms with E-state index >= 15 is 0 Å². The molecule has 0 saturated heterocycles. The number of thioether (sulfide) groups is 1. The molecule has 0 aliphatic heterocycles. The average Bonchev–Trinajstić information content (AvgIpc) is 2.75. The minimum atomic E-state index is -1.88. The summed E-state index contributed by atoms with van der Waals surface area (Å²) in [7, 11) is 1.72. The summed E-state index contributed by atoms with van der Waals surface area (Å²) < 4.78 is 29.1. The van der Waals surface area contributed by atoms with Crippen molar-refractivity contribution in [1.82, 2.24) is 4.31 Å². The van der Waals surface area contributed by atoms with Crippen molar-refractivity contribution in [2.24, 2.45) is 5.92 Å². The Bertz CT molecular complexity index is 392. The van der Waals surface area contributed by atoms with Gasteiger partial charge in [0.1, 0.15) is 0 Å². The molecule has 0 radical (unpaired) electrons. The smallest absolute Gasteiger partial charge is 0.234 e. The van der Waals surface area contributed by atoms with Gasteiger partial charge in [0, 0.05) is 30.5 Å². The van der Waals surface area contributed by atoms with E-state index in [0.29, 0.717) is 25.6 Å².